The molecule has 0 aliphatic carbocycles. The van der Waals surface area contributed by atoms with Gasteiger partial charge in [-0.25, -0.2) is 0 Å². The predicted octanol–water partition coefficient (Wildman–Crippen LogP) is 2.09. The summed E-state index contributed by atoms with van der Waals surface area (Å²) in [4.78, 5) is 13.7. The third-order valence-corrected chi connectivity index (χ3v) is 4.45. The molecule has 4 nitrogen and oxygen atoms in total. The Labute approximate surface area is 111 Å². The highest BCUT2D eigenvalue weighted by Gasteiger charge is 2.32. The van der Waals surface area contributed by atoms with Crippen molar-refractivity contribution >= 4 is 5.97 Å². The van der Waals surface area contributed by atoms with Crippen LogP contribution in [0.5, 0.6) is 0 Å². The summed E-state index contributed by atoms with van der Waals surface area (Å²) in [6, 6.07) is 0. The molecule has 1 aliphatic heterocycles. The van der Waals surface area contributed by atoms with Gasteiger partial charge in [0.05, 0.1) is 0 Å². The van der Waals surface area contributed by atoms with Gasteiger partial charge in [-0.15, -0.1) is 0 Å². The predicted molar refractivity (Wildman–Crippen MR) is 73.8 cm³/mol. The van der Waals surface area contributed by atoms with Crippen molar-refractivity contribution in [3.8, 4) is 0 Å². The van der Waals surface area contributed by atoms with Crippen LogP contribution in [0.25, 0.3) is 0 Å². The Bertz CT molecular complexity index is 292. The van der Waals surface area contributed by atoms with Gasteiger partial charge in [0.1, 0.15) is 5.54 Å². The van der Waals surface area contributed by atoms with E-state index in [0.717, 1.165) is 19.4 Å². The highest BCUT2D eigenvalue weighted by atomic mass is 16.4. The quantitative estimate of drug-likeness (QED) is 0.685. The first-order valence-electron chi connectivity index (χ1n) is 6.99. The molecule has 0 saturated carbocycles. The number of carboxylic acids is 1. The normalized spacial score (nSPS) is 22.9. The van der Waals surface area contributed by atoms with Gasteiger partial charge in [0.2, 0.25) is 0 Å². The standard InChI is InChI=1S/C14H28N2O2/c1-13(2)8-7-11-16(13)10-6-5-9-14(3,15-4)12(17)18/h15H,5-11H2,1-4H3,(H,17,18). The summed E-state index contributed by atoms with van der Waals surface area (Å²) in [6.45, 7) is 8.64. The highest BCUT2D eigenvalue weighted by Crippen LogP contribution is 2.28. The SMILES string of the molecule is CNC(C)(CCCCN1CCCC1(C)C)C(=O)O. The van der Waals surface area contributed by atoms with Crippen LogP contribution in [-0.2, 0) is 4.79 Å². The zero-order valence-electron chi connectivity index (χ0n) is 12.3. The van der Waals surface area contributed by atoms with Gasteiger partial charge in [0, 0.05) is 5.54 Å². The summed E-state index contributed by atoms with van der Waals surface area (Å²) < 4.78 is 0. The minimum absolute atomic E-state index is 0.332. The molecule has 1 saturated heterocycles. The van der Waals surface area contributed by atoms with Crippen LogP contribution >= 0.6 is 0 Å². The van der Waals surface area contributed by atoms with Crippen molar-refractivity contribution in [2.45, 2.75) is 64.0 Å². The summed E-state index contributed by atoms with van der Waals surface area (Å²) >= 11 is 0. The molecular formula is C14H28N2O2. The number of hydrogen-bond donors (Lipinski definition) is 2. The molecular weight excluding hydrogens is 228 g/mol. The van der Waals surface area contributed by atoms with E-state index in [1.54, 1.807) is 14.0 Å². The number of rotatable bonds is 7. The van der Waals surface area contributed by atoms with Gasteiger partial charge in [0.25, 0.3) is 0 Å². The van der Waals surface area contributed by atoms with E-state index in [2.05, 4.69) is 24.1 Å². The molecule has 18 heavy (non-hydrogen) atoms. The molecule has 0 amide bonds. The summed E-state index contributed by atoms with van der Waals surface area (Å²) in [5.41, 5.74) is -0.445. The van der Waals surface area contributed by atoms with E-state index >= 15 is 0 Å². The molecule has 1 rings (SSSR count). The van der Waals surface area contributed by atoms with E-state index in [1.807, 2.05) is 0 Å². The molecule has 1 aliphatic rings. The van der Waals surface area contributed by atoms with Gasteiger partial charge in [-0.2, -0.15) is 0 Å². The minimum Gasteiger partial charge on any atom is -0.480 e. The number of carbonyl (C=O) groups is 1. The first-order chi connectivity index (χ1) is 8.32. The monoisotopic (exact) mass is 256 g/mol. The molecule has 1 heterocycles. The fourth-order valence-corrected chi connectivity index (χ4v) is 2.70. The summed E-state index contributed by atoms with van der Waals surface area (Å²) in [6.07, 6.45) is 5.28. The third-order valence-electron chi connectivity index (χ3n) is 4.45. The van der Waals surface area contributed by atoms with E-state index in [1.165, 1.54) is 19.4 Å². The van der Waals surface area contributed by atoms with Crippen molar-refractivity contribution in [3.05, 3.63) is 0 Å². The zero-order valence-corrected chi connectivity index (χ0v) is 12.3. The average molecular weight is 256 g/mol. The van der Waals surface area contributed by atoms with Gasteiger partial charge in [-0.3, -0.25) is 9.69 Å². The molecule has 0 radical (unpaired) electrons. The van der Waals surface area contributed by atoms with Crippen molar-refractivity contribution in [1.29, 1.82) is 0 Å². The van der Waals surface area contributed by atoms with E-state index < -0.39 is 11.5 Å². The van der Waals surface area contributed by atoms with Crippen LogP contribution in [0.4, 0.5) is 0 Å². The number of nitrogens with one attached hydrogen (secondary N) is 1. The summed E-state index contributed by atoms with van der Waals surface area (Å²) in [5, 5.41) is 12.1. The number of carboxylic acid groups (broad SMARTS) is 1. The third kappa shape index (κ3) is 3.69. The smallest absolute Gasteiger partial charge is 0.323 e. The Morgan fingerprint density at radius 2 is 2.11 bits per heavy atom. The number of aliphatic carboxylic acids is 1. The molecule has 1 atom stereocenters. The summed E-state index contributed by atoms with van der Waals surface area (Å²) in [5.74, 6) is -0.758. The fraction of sp³-hybridized carbons (Fsp3) is 0.929. The van der Waals surface area contributed by atoms with Gasteiger partial charge in [-0.1, -0.05) is 0 Å². The maximum absolute atomic E-state index is 11.1. The topological polar surface area (TPSA) is 52.6 Å². The Hall–Kier alpha value is -0.610. The number of hydrogen-bond acceptors (Lipinski definition) is 3. The van der Waals surface area contributed by atoms with E-state index in [0.29, 0.717) is 12.0 Å². The molecule has 0 spiro atoms. The second kappa shape index (κ2) is 6.02. The zero-order chi connectivity index (χ0) is 13.8. The van der Waals surface area contributed by atoms with Crippen LogP contribution in [0, 0.1) is 0 Å². The Morgan fingerprint density at radius 1 is 1.44 bits per heavy atom. The van der Waals surface area contributed by atoms with Crippen LogP contribution in [0.15, 0.2) is 0 Å². The molecule has 2 N–H and O–H groups in total. The molecule has 0 aromatic rings. The minimum atomic E-state index is -0.777. The molecule has 4 heteroatoms. The molecule has 0 bridgehead atoms. The molecule has 106 valence electrons. The molecule has 1 fully saturated rings. The second-order valence-corrected chi connectivity index (χ2v) is 6.25. The van der Waals surface area contributed by atoms with Crippen molar-refractivity contribution in [2.24, 2.45) is 0 Å². The van der Waals surface area contributed by atoms with Crippen molar-refractivity contribution in [1.82, 2.24) is 10.2 Å². The van der Waals surface area contributed by atoms with Crippen LogP contribution < -0.4 is 5.32 Å². The maximum atomic E-state index is 11.1. The van der Waals surface area contributed by atoms with Crippen LogP contribution in [0.2, 0.25) is 0 Å². The van der Waals surface area contributed by atoms with Crippen molar-refractivity contribution in [2.75, 3.05) is 20.1 Å². The molecule has 0 aromatic carbocycles. The lowest BCUT2D eigenvalue weighted by molar-refractivity contribution is -0.144. The van der Waals surface area contributed by atoms with Crippen molar-refractivity contribution < 1.29 is 9.90 Å². The lowest BCUT2D eigenvalue weighted by Gasteiger charge is -2.32. The summed E-state index contributed by atoms with van der Waals surface area (Å²) in [7, 11) is 1.72. The van der Waals surface area contributed by atoms with Gasteiger partial charge >= 0.3 is 5.97 Å². The Balaban J connectivity index is 2.28. The van der Waals surface area contributed by atoms with E-state index in [4.69, 9.17) is 5.11 Å². The van der Waals surface area contributed by atoms with Crippen LogP contribution in [-0.4, -0.2) is 47.2 Å². The average Bonchev–Trinajstić information content (AvgIpc) is 2.63. The Morgan fingerprint density at radius 3 is 2.56 bits per heavy atom. The van der Waals surface area contributed by atoms with Gasteiger partial charge < -0.3 is 10.4 Å². The lowest BCUT2D eigenvalue weighted by Crippen LogP contribution is -2.47. The van der Waals surface area contributed by atoms with Crippen LogP contribution in [0.1, 0.15) is 52.9 Å². The van der Waals surface area contributed by atoms with E-state index in [9.17, 15) is 4.79 Å². The number of nitrogens with zero attached hydrogens (tertiary/aromatic N) is 1. The lowest BCUT2D eigenvalue weighted by atomic mass is 9.95. The first-order valence-corrected chi connectivity index (χ1v) is 6.99. The molecule has 1 unspecified atom stereocenters. The van der Waals surface area contributed by atoms with Gasteiger partial charge in [0.15, 0.2) is 0 Å². The maximum Gasteiger partial charge on any atom is 0.323 e. The van der Waals surface area contributed by atoms with E-state index in [-0.39, 0.29) is 0 Å². The molecule has 0 aromatic heterocycles. The highest BCUT2D eigenvalue weighted by molar-refractivity contribution is 5.78. The second-order valence-electron chi connectivity index (χ2n) is 6.25. The Kier molecular flexibility index (Phi) is 5.17. The number of likely N-dealkylation sites (tertiary alicyclic amines) is 1. The number of likely N-dealkylation sites (N-methyl/N-ethyl adjacent to an activating group) is 1. The number of unbranched alkanes of at least 4 members (excludes halogenated alkanes) is 1. The largest absolute Gasteiger partial charge is 0.480 e. The van der Waals surface area contributed by atoms with Crippen molar-refractivity contribution in [3.63, 3.8) is 0 Å². The fourth-order valence-electron chi connectivity index (χ4n) is 2.70. The van der Waals surface area contributed by atoms with Crippen LogP contribution in [0.3, 0.4) is 0 Å². The first kappa shape index (κ1) is 15.4. The van der Waals surface area contributed by atoms with Gasteiger partial charge in [-0.05, 0) is 73.0 Å².